The summed E-state index contributed by atoms with van der Waals surface area (Å²) in [5, 5.41) is 16.1. The number of nitrogens with zero attached hydrogens (tertiary/aromatic N) is 1. The van der Waals surface area contributed by atoms with Crippen molar-refractivity contribution in [1.82, 2.24) is 4.98 Å². The van der Waals surface area contributed by atoms with Gasteiger partial charge in [-0.1, -0.05) is 6.42 Å². The third kappa shape index (κ3) is 2.22. The third-order valence-corrected chi connectivity index (χ3v) is 4.84. The number of thiophene rings is 1. The zero-order valence-electron chi connectivity index (χ0n) is 10.3. The van der Waals surface area contributed by atoms with Gasteiger partial charge in [0.25, 0.3) is 0 Å². The maximum absolute atomic E-state index is 9.33. The molecule has 0 spiro atoms. The van der Waals surface area contributed by atoms with Crippen LogP contribution in [0, 0.1) is 11.8 Å². The van der Waals surface area contributed by atoms with Crippen LogP contribution in [0.25, 0.3) is 10.1 Å². The number of hydrogen-bond acceptors (Lipinski definition) is 4. The quantitative estimate of drug-likeness (QED) is 0.890. The molecule has 0 radical (unpaired) electrons. The second kappa shape index (κ2) is 5.24. The van der Waals surface area contributed by atoms with Crippen molar-refractivity contribution in [2.75, 3.05) is 18.5 Å². The number of pyridine rings is 1. The molecule has 1 aliphatic carbocycles. The number of anilines is 1. The first-order chi connectivity index (χ1) is 8.88. The van der Waals surface area contributed by atoms with E-state index >= 15 is 0 Å². The summed E-state index contributed by atoms with van der Waals surface area (Å²) in [5.74, 6) is 2.04. The van der Waals surface area contributed by atoms with Crippen molar-refractivity contribution in [3.8, 4) is 0 Å². The van der Waals surface area contributed by atoms with Crippen LogP contribution in [-0.2, 0) is 0 Å². The van der Waals surface area contributed by atoms with Crippen molar-refractivity contribution in [3.05, 3.63) is 23.7 Å². The van der Waals surface area contributed by atoms with Gasteiger partial charge >= 0.3 is 0 Å². The van der Waals surface area contributed by atoms with Crippen molar-refractivity contribution >= 4 is 27.2 Å². The number of hydrogen-bond donors (Lipinski definition) is 2. The minimum atomic E-state index is 0.322. The molecule has 3 rings (SSSR count). The van der Waals surface area contributed by atoms with E-state index in [1.54, 1.807) is 11.3 Å². The molecule has 1 fully saturated rings. The zero-order valence-corrected chi connectivity index (χ0v) is 11.1. The maximum Gasteiger partial charge on any atom is 0.134 e. The SMILES string of the molecule is OCC1CCCC1CNc1nccc2sccc12. The predicted molar refractivity (Wildman–Crippen MR) is 76.0 cm³/mol. The molecule has 1 aliphatic rings. The van der Waals surface area contributed by atoms with Crippen molar-refractivity contribution < 1.29 is 5.11 Å². The lowest BCUT2D eigenvalue weighted by atomic mass is 9.97. The average Bonchev–Trinajstić information content (AvgIpc) is 3.04. The van der Waals surface area contributed by atoms with Gasteiger partial charge in [-0.15, -0.1) is 11.3 Å². The summed E-state index contributed by atoms with van der Waals surface area (Å²) in [6.07, 6.45) is 5.49. The molecule has 0 amide bonds. The second-order valence-corrected chi connectivity index (χ2v) is 5.95. The third-order valence-electron chi connectivity index (χ3n) is 3.96. The Balaban J connectivity index is 1.71. The Kier molecular flexibility index (Phi) is 3.48. The van der Waals surface area contributed by atoms with E-state index in [0.717, 1.165) is 12.4 Å². The number of rotatable bonds is 4. The minimum Gasteiger partial charge on any atom is -0.396 e. The van der Waals surface area contributed by atoms with Gasteiger partial charge in [0.15, 0.2) is 0 Å². The van der Waals surface area contributed by atoms with Gasteiger partial charge in [-0.05, 0) is 42.2 Å². The first-order valence-electron chi connectivity index (χ1n) is 6.55. The van der Waals surface area contributed by atoms with Gasteiger partial charge in [-0.2, -0.15) is 0 Å². The molecular formula is C14H18N2OS. The fourth-order valence-electron chi connectivity index (χ4n) is 2.89. The molecule has 0 aromatic carbocycles. The smallest absolute Gasteiger partial charge is 0.134 e. The maximum atomic E-state index is 9.33. The summed E-state index contributed by atoms with van der Waals surface area (Å²) in [6.45, 7) is 1.25. The monoisotopic (exact) mass is 262 g/mol. The van der Waals surface area contributed by atoms with Crippen LogP contribution in [0.2, 0.25) is 0 Å². The number of nitrogens with one attached hydrogen (secondary N) is 1. The molecule has 3 nitrogen and oxygen atoms in total. The van der Waals surface area contributed by atoms with E-state index in [1.807, 2.05) is 6.20 Å². The zero-order chi connectivity index (χ0) is 12.4. The van der Waals surface area contributed by atoms with Crippen LogP contribution in [-0.4, -0.2) is 23.2 Å². The Morgan fingerprint density at radius 3 is 3.11 bits per heavy atom. The van der Waals surface area contributed by atoms with E-state index in [4.69, 9.17) is 0 Å². The van der Waals surface area contributed by atoms with Crippen LogP contribution < -0.4 is 5.32 Å². The van der Waals surface area contributed by atoms with E-state index in [0.29, 0.717) is 18.4 Å². The molecule has 0 aliphatic heterocycles. The van der Waals surface area contributed by atoms with Gasteiger partial charge in [0.2, 0.25) is 0 Å². The highest BCUT2D eigenvalue weighted by Gasteiger charge is 2.26. The minimum absolute atomic E-state index is 0.322. The van der Waals surface area contributed by atoms with Gasteiger partial charge in [-0.25, -0.2) is 4.98 Å². The van der Waals surface area contributed by atoms with Crippen LogP contribution in [0.1, 0.15) is 19.3 Å². The molecule has 18 heavy (non-hydrogen) atoms. The molecule has 2 heterocycles. The number of fused-ring (bicyclic) bond motifs is 1. The van der Waals surface area contributed by atoms with Crippen LogP contribution in [0.5, 0.6) is 0 Å². The molecule has 2 aromatic rings. The summed E-state index contributed by atoms with van der Waals surface area (Å²) in [6, 6.07) is 4.17. The van der Waals surface area contributed by atoms with Crippen LogP contribution in [0.4, 0.5) is 5.82 Å². The average molecular weight is 262 g/mol. The van der Waals surface area contributed by atoms with Crippen LogP contribution in [0.3, 0.4) is 0 Å². The Morgan fingerprint density at radius 2 is 2.22 bits per heavy atom. The summed E-state index contributed by atoms with van der Waals surface area (Å²) in [7, 11) is 0. The Bertz CT molecular complexity index is 525. The molecule has 1 saturated carbocycles. The highest BCUT2D eigenvalue weighted by molar-refractivity contribution is 7.17. The van der Waals surface area contributed by atoms with Crippen molar-refractivity contribution in [3.63, 3.8) is 0 Å². The molecule has 2 aromatic heterocycles. The molecular weight excluding hydrogens is 244 g/mol. The van der Waals surface area contributed by atoms with Gasteiger partial charge in [0, 0.05) is 29.4 Å². The van der Waals surface area contributed by atoms with Gasteiger partial charge in [0.1, 0.15) is 5.82 Å². The Labute approximate surface area is 111 Å². The summed E-state index contributed by atoms with van der Waals surface area (Å²) >= 11 is 1.74. The van der Waals surface area contributed by atoms with E-state index in [9.17, 15) is 5.11 Å². The molecule has 2 unspecified atom stereocenters. The van der Waals surface area contributed by atoms with Crippen molar-refractivity contribution in [2.24, 2.45) is 11.8 Å². The largest absolute Gasteiger partial charge is 0.396 e. The van der Waals surface area contributed by atoms with Crippen LogP contribution >= 0.6 is 11.3 Å². The number of aliphatic hydroxyl groups excluding tert-OH is 1. The predicted octanol–water partition coefficient (Wildman–Crippen LogP) is 3.12. The number of aromatic nitrogens is 1. The fourth-order valence-corrected chi connectivity index (χ4v) is 3.67. The van der Waals surface area contributed by atoms with Crippen LogP contribution in [0.15, 0.2) is 23.7 Å². The molecule has 96 valence electrons. The van der Waals surface area contributed by atoms with E-state index in [2.05, 4.69) is 27.8 Å². The van der Waals surface area contributed by atoms with E-state index in [1.165, 1.54) is 29.3 Å². The molecule has 0 saturated heterocycles. The highest BCUT2D eigenvalue weighted by Crippen LogP contribution is 2.32. The van der Waals surface area contributed by atoms with Gasteiger partial charge < -0.3 is 10.4 Å². The Hall–Kier alpha value is -1.13. The van der Waals surface area contributed by atoms with Crippen molar-refractivity contribution in [1.29, 1.82) is 0 Å². The summed E-state index contributed by atoms with van der Waals surface area (Å²) in [5.41, 5.74) is 0. The molecule has 2 atom stereocenters. The molecule has 4 heteroatoms. The first-order valence-corrected chi connectivity index (χ1v) is 7.43. The Morgan fingerprint density at radius 1 is 1.33 bits per heavy atom. The van der Waals surface area contributed by atoms with E-state index in [-0.39, 0.29) is 0 Å². The lowest BCUT2D eigenvalue weighted by molar-refractivity contribution is 0.199. The topological polar surface area (TPSA) is 45.1 Å². The number of aliphatic hydroxyl groups is 1. The standard InChI is InChI=1S/C14H18N2OS/c17-9-11-3-1-2-10(11)8-16-14-12-5-7-18-13(12)4-6-15-14/h4-7,10-11,17H,1-3,8-9H2,(H,15,16). The molecule has 2 N–H and O–H groups in total. The summed E-state index contributed by atoms with van der Waals surface area (Å²) < 4.78 is 1.28. The van der Waals surface area contributed by atoms with Crippen molar-refractivity contribution in [2.45, 2.75) is 19.3 Å². The molecule has 0 bridgehead atoms. The van der Waals surface area contributed by atoms with Gasteiger partial charge in [-0.3, -0.25) is 0 Å². The second-order valence-electron chi connectivity index (χ2n) is 5.01. The lowest BCUT2D eigenvalue weighted by Gasteiger charge is -2.18. The first kappa shape index (κ1) is 11.9. The van der Waals surface area contributed by atoms with E-state index < -0.39 is 0 Å². The lowest BCUT2D eigenvalue weighted by Crippen LogP contribution is -2.21. The summed E-state index contributed by atoms with van der Waals surface area (Å²) in [4.78, 5) is 4.42. The van der Waals surface area contributed by atoms with Gasteiger partial charge in [0.05, 0.1) is 0 Å². The highest BCUT2D eigenvalue weighted by atomic mass is 32.1. The fraction of sp³-hybridized carbons (Fsp3) is 0.500. The normalized spacial score (nSPS) is 23.6.